The second-order valence-corrected chi connectivity index (χ2v) is 5.88. The van der Waals surface area contributed by atoms with E-state index >= 15 is 0 Å². The first-order valence-electron chi connectivity index (χ1n) is 8.59. The molecule has 0 radical (unpaired) electrons. The summed E-state index contributed by atoms with van der Waals surface area (Å²) in [6.07, 6.45) is 3.53. The van der Waals surface area contributed by atoms with Crippen molar-refractivity contribution in [3.63, 3.8) is 0 Å². The van der Waals surface area contributed by atoms with E-state index in [9.17, 15) is 9.90 Å². The Morgan fingerprint density at radius 1 is 1.20 bits per heavy atom. The summed E-state index contributed by atoms with van der Waals surface area (Å²) < 4.78 is 10.4. The van der Waals surface area contributed by atoms with Crippen LogP contribution in [0, 0.1) is 0 Å². The number of aliphatic hydroxyl groups is 1. The summed E-state index contributed by atoms with van der Waals surface area (Å²) >= 11 is 0. The maximum Gasteiger partial charge on any atom is 0.356 e. The maximum atomic E-state index is 11.5. The number of aliphatic hydroxyl groups excluding tert-OH is 1. The van der Waals surface area contributed by atoms with E-state index in [4.69, 9.17) is 4.74 Å². The summed E-state index contributed by atoms with van der Waals surface area (Å²) in [6, 6.07) is 12.6. The zero-order valence-electron chi connectivity index (χ0n) is 14.8. The fourth-order valence-corrected chi connectivity index (χ4v) is 2.50. The van der Waals surface area contributed by atoms with Gasteiger partial charge in [-0.1, -0.05) is 44.4 Å². The predicted octanol–water partition coefficient (Wildman–Crippen LogP) is 4.06. The molecule has 2 aromatic rings. The van der Waals surface area contributed by atoms with Crippen molar-refractivity contribution in [2.45, 2.75) is 45.3 Å². The van der Waals surface area contributed by atoms with Crippen LogP contribution in [-0.2, 0) is 11.3 Å². The number of carbonyl (C=O) groups is 1. The number of esters is 1. The fraction of sp³-hybridized carbons (Fsp3) is 0.400. The molecule has 1 atom stereocenters. The first-order valence-corrected chi connectivity index (χ1v) is 8.59. The van der Waals surface area contributed by atoms with Crippen LogP contribution in [0.1, 0.15) is 60.5 Å². The summed E-state index contributed by atoms with van der Waals surface area (Å²) in [5.41, 5.74) is 1.74. The molecule has 0 spiro atoms. The molecule has 25 heavy (non-hydrogen) atoms. The van der Waals surface area contributed by atoms with Crippen molar-refractivity contribution in [3.8, 4) is 5.75 Å². The van der Waals surface area contributed by atoms with Crippen LogP contribution < -0.4 is 4.74 Å². The van der Waals surface area contributed by atoms with Crippen LogP contribution in [0.25, 0.3) is 0 Å². The molecular formula is C20H25NO4. The van der Waals surface area contributed by atoms with Crippen molar-refractivity contribution < 1.29 is 19.4 Å². The minimum absolute atomic E-state index is 0.236. The van der Waals surface area contributed by atoms with Gasteiger partial charge < -0.3 is 14.6 Å². The topological polar surface area (TPSA) is 68.7 Å². The van der Waals surface area contributed by atoms with Crippen LogP contribution in [0.15, 0.2) is 42.5 Å². The summed E-state index contributed by atoms with van der Waals surface area (Å²) in [4.78, 5) is 15.7. The Morgan fingerprint density at radius 2 is 2.00 bits per heavy atom. The number of unbranched alkanes of at least 4 members (excludes halogenated alkanes) is 2. The Kier molecular flexibility index (Phi) is 7.41. The van der Waals surface area contributed by atoms with Gasteiger partial charge in [-0.2, -0.15) is 0 Å². The number of hydrogen-bond acceptors (Lipinski definition) is 5. The number of nitrogens with zero attached hydrogens (tertiary/aromatic N) is 1. The lowest BCUT2D eigenvalue weighted by molar-refractivity contribution is 0.0593. The Labute approximate surface area is 148 Å². The van der Waals surface area contributed by atoms with Gasteiger partial charge in [0.25, 0.3) is 0 Å². The third-order valence-electron chi connectivity index (χ3n) is 3.91. The molecule has 0 aliphatic rings. The van der Waals surface area contributed by atoms with E-state index in [0.29, 0.717) is 11.4 Å². The molecule has 5 heteroatoms. The Balaban J connectivity index is 1.97. The number of pyridine rings is 1. The lowest BCUT2D eigenvalue weighted by Gasteiger charge is -2.13. The van der Waals surface area contributed by atoms with E-state index in [2.05, 4.69) is 16.6 Å². The first-order chi connectivity index (χ1) is 12.1. The third kappa shape index (κ3) is 5.87. The van der Waals surface area contributed by atoms with Gasteiger partial charge in [0.05, 0.1) is 18.9 Å². The first kappa shape index (κ1) is 18.9. The van der Waals surface area contributed by atoms with Crippen LogP contribution in [0.2, 0.25) is 0 Å². The normalized spacial score (nSPS) is 11.8. The largest absolute Gasteiger partial charge is 0.487 e. The highest BCUT2D eigenvalue weighted by Crippen LogP contribution is 2.24. The zero-order chi connectivity index (χ0) is 18.1. The van der Waals surface area contributed by atoms with Crippen LogP contribution in [0.3, 0.4) is 0 Å². The highest BCUT2D eigenvalue weighted by Gasteiger charge is 2.10. The molecule has 1 aromatic carbocycles. The standard InChI is InChI=1S/C20H25NO4/c1-3-4-5-12-19(22)15-8-6-10-17(13-15)25-14-16-9-7-11-18(21-16)20(23)24-2/h6-11,13,19,22H,3-5,12,14H2,1-2H3. The molecule has 134 valence electrons. The summed E-state index contributed by atoms with van der Waals surface area (Å²) in [6.45, 7) is 2.38. The Morgan fingerprint density at radius 3 is 2.76 bits per heavy atom. The molecule has 0 saturated heterocycles. The van der Waals surface area contributed by atoms with Gasteiger partial charge in [-0.05, 0) is 36.2 Å². The van der Waals surface area contributed by atoms with Crippen molar-refractivity contribution >= 4 is 5.97 Å². The van der Waals surface area contributed by atoms with E-state index in [1.54, 1.807) is 18.2 Å². The zero-order valence-corrected chi connectivity index (χ0v) is 14.8. The predicted molar refractivity (Wildman–Crippen MR) is 95.5 cm³/mol. The van der Waals surface area contributed by atoms with Gasteiger partial charge in [0, 0.05) is 0 Å². The highest BCUT2D eigenvalue weighted by atomic mass is 16.5. The van der Waals surface area contributed by atoms with Gasteiger partial charge in [0.1, 0.15) is 18.1 Å². The molecule has 0 aliphatic carbocycles. The van der Waals surface area contributed by atoms with Gasteiger partial charge in [0.15, 0.2) is 0 Å². The van der Waals surface area contributed by atoms with E-state index in [-0.39, 0.29) is 12.3 Å². The quantitative estimate of drug-likeness (QED) is 0.549. The lowest BCUT2D eigenvalue weighted by Crippen LogP contribution is -2.07. The molecule has 1 aromatic heterocycles. The van der Waals surface area contributed by atoms with E-state index in [1.165, 1.54) is 7.11 Å². The van der Waals surface area contributed by atoms with Crippen LogP contribution in [-0.4, -0.2) is 23.2 Å². The van der Waals surface area contributed by atoms with Crippen molar-refractivity contribution in [1.82, 2.24) is 4.98 Å². The molecule has 1 unspecified atom stereocenters. The molecule has 1 heterocycles. The number of ether oxygens (including phenoxy) is 2. The number of aromatic nitrogens is 1. The third-order valence-corrected chi connectivity index (χ3v) is 3.91. The average Bonchev–Trinajstić information content (AvgIpc) is 2.66. The van der Waals surface area contributed by atoms with Crippen molar-refractivity contribution in [2.24, 2.45) is 0 Å². The molecule has 1 N–H and O–H groups in total. The van der Waals surface area contributed by atoms with E-state index in [0.717, 1.165) is 31.2 Å². The van der Waals surface area contributed by atoms with Gasteiger partial charge in [-0.15, -0.1) is 0 Å². The van der Waals surface area contributed by atoms with E-state index in [1.807, 2.05) is 24.3 Å². The molecule has 5 nitrogen and oxygen atoms in total. The highest BCUT2D eigenvalue weighted by molar-refractivity contribution is 5.87. The van der Waals surface area contributed by atoms with Gasteiger partial charge in [-0.3, -0.25) is 0 Å². The van der Waals surface area contributed by atoms with Gasteiger partial charge in [0.2, 0.25) is 0 Å². The van der Waals surface area contributed by atoms with Crippen molar-refractivity contribution in [3.05, 3.63) is 59.4 Å². The summed E-state index contributed by atoms with van der Waals surface area (Å²) in [5.74, 6) is 0.191. The number of hydrogen-bond donors (Lipinski definition) is 1. The number of carbonyl (C=O) groups excluding carboxylic acids is 1. The number of rotatable bonds is 9. The minimum Gasteiger partial charge on any atom is -0.487 e. The fourth-order valence-electron chi connectivity index (χ4n) is 2.50. The van der Waals surface area contributed by atoms with Crippen LogP contribution >= 0.6 is 0 Å². The second kappa shape index (κ2) is 9.79. The number of benzene rings is 1. The van der Waals surface area contributed by atoms with Crippen LogP contribution in [0.4, 0.5) is 0 Å². The Hall–Kier alpha value is -2.40. The smallest absolute Gasteiger partial charge is 0.356 e. The van der Waals surface area contributed by atoms with Crippen molar-refractivity contribution in [1.29, 1.82) is 0 Å². The summed E-state index contributed by atoms with van der Waals surface area (Å²) in [5, 5.41) is 10.3. The Bertz CT molecular complexity index is 687. The lowest BCUT2D eigenvalue weighted by atomic mass is 10.0. The SMILES string of the molecule is CCCCCC(O)c1cccc(OCc2cccc(C(=O)OC)n2)c1. The second-order valence-electron chi connectivity index (χ2n) is 5.88. The monoisotopic (exact) mass is 343 g/mol. The van der Waals surface area contributed by atoms with E-state index < -0.39 is 12.1 Å². The molecule has 0 fully saturated rings. The molecule has 0 aliphatic heterocycles. The summed E-state index contributed by atoms with van der Waals surface area (Å²) in [7, 11) is 1.32. The molecular weight excluding hydrogens is 318 g/mol. The molecule has 0 amide bonds. The average molecular weight is 343 g/mol. The van der Waals surface area contributed by atoms with Gasteiger partial charge >= 0.3 is 5.97 Å². The van der Waals surface area contributed by atoms with Gasteiger partial charge in [-0.25, -0.2) is 9.78 Å². The molecule has 0 saturated carbocycles. The minimum atomic E-state index is -0.476. The molecule has 0 bridgehead atoms. The van der Waals surface area contributed by atoms with Crippen LogP contribution in [0.5, 0.6) is 5.75 Å². The molecule has 2 rings (SSSR count). The maximum absolute atomic E-state index is 11.5. The number of methoxy groups -OCH3 is 1. The van der Waals surface area contributed by atoms with Crippen molar-refractivity contribution in [2.75, 3.05) is 7.11 Å².